The van der Waals surface area contributed by atoms with Gasteiger partial charge in [0.15, 0.2) is 24.6 Å². The average molecular weight is 545 g/mol. The smallest absolute Gasteiger partial charge is 0.338 e. The molecule has 3 fully saturated rings. The maximum absolute atomic E-state index is 13.2. The second-order valence-corrected chi connectivity index (χ2v) is 10.2. The Morgan fingerprint density at radius 2 is 1.27 bits per heavy atom. The molecule has 0 bridgehead atoms. The van der Waals surface area contributed by atoms with Crippen LogP contribution in [0.5, 0.6) is 0 Å². The molecule has 3 aliphatic rings. The van der Waals surface area contributed by atoms with Crippen molar-refractivity contribution in [3.05, 3.63) is 108 Å². The Kier molecular flexibility index (Phi) is 7.93. The predicted octanol–water partition coefficient (Wildman–Crippen LogP) is 5.37. The van der Waals surface area contributed by atoms with Gasteiger partial charge in [0, 0.05) is 5.56 Å². The number of fused-ring (bicyclic) bond motifs is 1. The summed E-state index contributed by atoms with van der Waals surface area (Å²) in [5.74, 6) is -2.69. The molecule has 8 nitrogen and oxygen atoms in total. The zero-order valence-electron chi connectivity index (χ0n) is 22.1. The van der Waals surface area contributed by atoms with Crippen LogP contribution in [0, 0.1) is 0 Å². The Bertz CT molecular complexity index is 1280. The predicted molar refractivity (Wildman–Crippen MR) is 143 cm³/mol. The molecule has 0 radical (unpaired) electrons. The van der Waals surface area contributed by atoms with E-state index in [-0.39, 0.29) is 12.7 Å². The summed E-state index contributed by atoms with van der Waals surface area (Å²) in [5, 5.41) is 0. The number of hydrogen-bond donors (Lipinski definition) is 0. The fourth-order valence-corrected chi connectivity index (χ4v) is 5.42. The van der Waals surface area contributed by atoms with Gasteiger partial charge < -0.3 is 23.7 Å². The van der Waals surface area contributed by atoms with E-state index >= 15 is 0 Å². The van der Waals surface area contributed by atoms with Crippen LogP contribution in [-0.2, 0) is 34.4 Å². The molecule has 40 heavy (non-hydrogen) atoms. The van der Waals surface area contributed by atoms with Crippen LogP contribution < -0.4 is 0 Å². The molecule has 0 spiro atoms. The van der Waals surface area contributed by atoms with Crippen LogP contribution in [0.15, 0.2) is 91.0 Å². The van der Waals surface area contributed by atoms with E-state index in [1.54, 1.807) is 48.5 Å². The largest absolute Gasteiger partial charge is 0.452 e. The van der Waals surface area contributed by atoms with E-state index < -0.39 is 42.5 Å². The fourth-order valence-electron chi connectivity index (χ4n) is 5.42. The fraction of sp³-hybridized carbons (Fsp3) is 0.375. The van der Waals surface area contributed by atoms with Crippen molar-refractivity contribution in [2.75, 3.05) is 6.61 Å². The van der Waals surface area contributed by atoms with Gasteiger partial charge >= 0.3 is 17.9 Å². The summed E-state index contributed by atoms with van der Waals surface area (Å²) < 4.78 is 37.4. The Morgan fingerprint density at radius 1 is 0.700 bits per heavy atom. The second kappa shape index (κ2) is 11.9. The summed E-state index contributed by atoms with van der Waals surface area (Å²) in [6.45, 7) is -0.0515. The standard InChI is InChI=1S/C32H32O8/c33-29(22-13-5-1-6-14-22)36-26-21-35-31-28(27(26)37-30(34)23-15-7-2-8-16-23)39-32(40-31,24-17-9-3-10-18-24)38-25-19-11-4-12-20-25/h1-3,5-10,13-18,25-28,31H,4,11-12,19-21H2/t26-,27+,28-,31-,32?/m1/s1. The van der Waals surface area contributed by atoms with Crippen molar-refractivity contribution in [2.24, 2.45) is 0 Å². The van der Waals surface area contributed by atoms with Crippen molar-refractivity contribution < 1.29 is 38.0 Å². The zero-order chi connectivity index (χ0) is 27.4. The maximum atomic E-state index is 13.2. The van der Waals surface area contributed by atoms with Crippen LogP contribution in [0.25, 0.3) is 0 Å². The first kappa shape index (κ1) is 26.7. The highest BCUT2D eigenvalue weighted by atomic mass is 16.9. The van der Waals surface area contributed by atoms with Crippen molar-refractivity contribution in [2.45, 2.75) is 68.8 Å². The Labute approximate surface area is 233 Å². The van der Waals surface area contributed by atoms with Gasteiger partial charge in [-0.2, -0.15) is 0 Å². The first-order valence-electron chi connectivity index (χ1n) is 13.8. The molecule has 6 rings (SSSR count). The number of carbonyl (C=O) groups excluding carboxylic acids is 2. The van der Waals surface area contributed by atoms with Crippen LogP contribution in [0.2, 0.25) is 0 Å². The van der Waals surface area contributed by atoms with E-state index in [1.165, 1.54) is 6.42 Å². The van der Waals surface area contributed by atoms with Gasteiger partial charge in [-0.25, -0.2) is 9.59 Å². The van der Waals surface area contributed by atoms with Crippen LogP contribution in [0.4, 0.5) is 0 Å². The number of esters is 2. The van der Waals surface area contributed by atoms with Gasteiger partial charge in [-0.1, -0.05) is 86.0 Å². The molecule has 1 unspecified atom stereocenters. The summed E-state index contributed by atoms with van der Waals surface area (Å²) in [7, 11) is 0. The lowest BCUT2D eigenvalue weighted by atomic mass is 9.97. The highest BCUT2D eigenvalue weighted by Gasteiger charge is 2.60. The number of ether oxygens (including phenoxy) is 6. The van der Waals surface area contributed by atoms with Crippen LogP contribution in [0.3, 0.4) is 0 Å². The van der Waals surface area contributed by atoms with Gasteiger partial charge in [0.2, 0.25) is 0 Å². The van der Waals surface area contributed by atoms with Crippen LogP contribution in [0.1, 0.15) is 58.4 Å². The molecular formula is C32H32O8. The highest BCUT2D eigenvalue weighted by molar-refractivity contribution is 5.90. The van der Waals surface area contributed by atoms with Gasteiger partial charge in [0.25, 0.3) is 0 Å². The van der Waals surface area contributed by atoms with Crippen LogP contribution in [-0.4, -0.2) is 49.3 Å². The Balaban J connectivity index is 1.30. The Hall–Kier alpha value is -3.56. The third-order valence-corrected chi connectivity index (χ3v) is 7.47. The molecular weight excluding hydrogens is 512 g/mol. The van der Waals surface area contributed by atoms with Crippen molar-refractivity contribution in [1.82, 2.24) is 0 Å². The first-order valence-corrected chi connectivity index (χ1v) is 13.8. The van der Waals surface area contributed by atoms with Gasteiger partial charge in [-0.15, -0.1) is 0 Å². The van der Waals surface area contributed by atoms with Gasteiger partial charge in [-0.3, -0.25) is 4.74 Å². The van der Waals surface area contributed by atoms with Crippen molar-refractivity contribution in [1.29, 1.82) is 0 Å². The topological polar surface area (TPSA) is 89.5 Å². The molecule has 2 saturated heterocycles. The lowest BCUT2D eigenvalue weighted by Gasteiger charge is -2.36. The first-order chi connectivity index (χ1) is 19.6. The summed E-state index contributed by atoms with van der Waals surface area (Å²) in [5.41, 5.74) is 1.41. The van der Waals surface area contributed by atoms with Crippen molar-refractivity contribution >= 4 is 11.9 Å². The molecule has 2 heterocycles. The monoisotopic (exact) mass is 544 g/mol. The molecule has 208 valence electrons. The number of hydrogen-bond acceptors (Lipinski definition) is 8. The van der Waals surface area contributed by atoms with E-state index in [4.69, 9.17) is 28.4 Å². The minimum atomic E-state index is -1.56. The molecule has 3 aromatic rings. The molecule has 0 N–H and O–H groups in total. The lowest BCUT2D eigenvalue weighted by molar-refractivity contribution is -0.381. The van der Waals surface area contributed by atoms with Crippen LogP contribution >= 0.6 is 0 Å². The van der Waals surface area contributed by atoms with Gasteiger partial charge in [0.05, 0.1) is 23.8 Å². The van der Waals surface area contributed by atoms with E-state index in [2.05, 4.69) is 0 Å². The third kappa shape index (κ3) is 5.67. The van der Waals surface area contributed by atoms with Crippen molar-refractivity contribution in [3.8, 4) is 0 Å². The second-order valence-electron chi connectivity index (χ2n) is 10.2. The normalized spacial score (nSPS) is 28.4. The van der Waals surface area contributed by atoms with Gasteiger partial charge in [0.1, 0.15) is 0 Å². The van der Waals surface area contributed by atoms with E-state index in [0.29, 0.717) is 16.7 Å². The summed E-state index contributed by atoms with van der Waals surface area (Å²) in [6.07, 6.45) is 1.23. The average Bonchev–Trinajstić information content (AvgIpc) is 3.40. The molecule has 1 saturated carbocycles. The maximum Gasteiger partial charge on any atom is 0.338 e. The van der Waals surface area contributed by atoms with Crippen molar-refractivity contribution in [3.63, 3.8) is 0 Å². The third-order valence-electron chi connectivity index (χ3n) is 7.47. The molecule has 5 atom stereocenters. The zero-order valence-corrected chi connectivity index (χ0v) is 22.1. The van der Waals surface area contributed by atoms with E-state index in [1.807, 2.05) is 42.5 Å². The minimum Gasteiger partial charge on any atom is -0.452 e. The molecule has 1 aliphatic carbocycles. The Morgan fingerprint density at radius 3 is 1.90 bits per heavy atom. The molecule has 0 aromatic heterocycles. The van der Waals surface area contributed by atoms with Gasteiger partial charge in [-0.05, 0) is 37.1 Å². The quantitative estimate of drug-likeness (QED) is 0.367. The molecule has 2 aliphatic heterocycles. The number of benzene rings is 3. The summed E-state index contributed by atoms with van der Waals surface area (Å²) in [4.78, 5) is 26.2. The minimum absolute atomic E-state index is 0.0515. The highest BCUT2D eigenvalue weighted by Crippen LogP contribution is 2.45. The molecule has 3 aromatic carbocycles. The SMILES string of the molecule is O=C(O[C@@H]1[C@H]2OC(OC3CCCCC3)(c3ccccc3)O[C@H]2OC[C@H]1OC(=O)c1ccccc1)c1ccccc1. The molecule has 8 heteroatoms. The molecule has 0 amide bonds. The summed E-state index contributed by atoms with van der Waals surface area (Å²) in [6, 6.07) is 26.7. The number of carbonyl (C=O) groups is 2. The lowest BCUT2D eigenvalue weighted by Crippen LogP contribution is -2.55. The number of rotatable bonds is 7. The van der Waals surface area contributed by atoms with E-state index in [0.717, 1.165) is 25.7 Å². The van der Waals surface area contributed by atoms with E-state index in [9.17, 15) is 9.59 Å². The summed E-state index contributed by atoms with van der Waals surface area (Å²) >= 11 is 0.